The maximum absolute atomic E-state index is 11.8. The largest absolute Gasteiger partial charge is 0.454 e. The minimum Gasteiger partial charge on any atom is -0.454 e. The number of carbonyl (C=O) groups excluding carboxylic acids is 2. The second-order valence-electron chi connectivity index (χ2n) is 4.65. The number of amides is 2. The normalized spacial score (nSPS) is 12.0. The summed E-state index contributed by atoms with van der Waals surface area (Å²) in [6, 6.07) is 3.26. The molecule has 0 atom stereocenters. The highest BCUT2D eigenvalue weighted by molar-refractivity contribution is 5.94. The van der Waals surface area contributed by atoms with E-state index in [2.05, 4.69) is 10.6 Å². The summed E-state index contributed by atoms with van der Waals surface area (Å²) >= 11 is 0. The minimum absolute atomic E-state index is 0.0482. The van der Waals surface area contributed by atoms with Crippen molar-refractivity contribution < 1.29 is 19.1 Å². The Balaban J connectivity index is 1.84. The molecule has 21 heavy (non-hydrogen) atoms. The lowest BCUT2D eigenvalue weighted by molar-refractivity contribution is -0.121. The van der Waals surface area contributed by atoms with E-state index < -0.39 is 0 Å². The summed E-state index contributed by atoms with van der Waals surface area (Å²) in [5.41, 5.74) is 6.75. The molecule has 1 aliphatic rings. The first kappa shape index (κ1) is 15.0. The van der Waals surface area contributed by atoms with Crippen LogP contribution in [0.4, 0.5) is 11.4 Å². The highest BCUT2D eigenvalue weighted by Crippen LogP contribution is 2.38. The van der Waals surface area contributed by atoms with Crippen LogP contribution in [0.1, 0.15) is 26.2 Å². The predicted molar refractivity (Wildman–Crippen MR) is 78.1 cm³/mol. The van der Waals surface area contributed by atoms with E-state index in [0.717, 1.165) is 0 Å². The summed E-state index contributed by atoms with van der Waals surface area (Å²) in [6.07, 6.45) is 1.07. The Kier molecular flexibility index (Phi) is 4.86. The summed E-state index contributed by atoms with van der Waals surface area (Å²) in [5, 5.41) is 5.40. The monoisotopic (exact) mass is 293 g/mol. The molecule has 4 N–H and O–H groups in total. The number of ether oxygens (including phenoxy) is 2. The van der Waals surface area contributed by atoms with Gasteiger partial charge in [0, 0.05) is 31.5 Å². The van der Waals surface area contributed by atoms with Gasteiger partial charge in [-0.2, -0.15) is 0 Å². The zero-order chi connectivity index (χ0) is 15.2. The Hall–Kier alpha value is -2.44. The molecule has 7 heteroatoms. The number of hydrogen-bond acceptors (Lipinski definition) is 5. The molecule has 0 bridgehead atoms. The molecule has 2 amide bonds. The molecule has 1 heterocycles. The fraction of sp³-hybridized carbons (Fsp3) is 0.429. The number of nitrogen functional groups attached to an aromatic ring is 1. The van der Waals surface area contributed by atoms with E-state index in [0.29, 0.717) is 42.3 Å². The summed E-state index contributed by atoms with van der Waals surface area (Å²) in [7, 11) is 0. The lowest BCUT2D eigenvalue weighted by Crippen LogP contribution is -2.22. The molecule has 0 saturated heterocycles. The first-order valence-corrected chi connectivity index (χ1v) is 6.85. The van der Waals surface area contributed by atoms with Crippen molar-refractivity contribution in [3.63, 3.8) is 0 Å². The van der Waals surface area contributed by atoms with Crippen molar-refractivity contribution in [2.24, 2.45) is 0 Å². The Labute approximate surface area is 122 Å². The van der Waals surface area contributed by atoms with Gasteiger partial charge < -0.3 is 25.8 Å². The molecular weight excluding hydrogens is 274 g/mol. The molecule has 1 aromatic carbocycles. The van der Waals surface area contributed by atoms with E-state index in [1.807, 2.05) is 6.92 Å². The summed E-state index contributed by atoms with van der Waals surface area (Å²) in [5.74, 6) is 0.890. The van der Waals surface area contributed by atoms with Gasteiger partial charge in [-0.15, -0.1) is 0 Å². The van der Waals surface area contributed by atoms with E-state index in [1.165, 1.54) is 0 Å². The highest BCUT2D eigenvalue weighted by atomic mass is 16.7. The van der Waals surface area contributed by atoms with Gasteiger partial charge in [-0.05, 0) is 13.3 Å². The van der Waals surface area contributed by atoms with Crippen molar-refractivity contribution in [2.45, 2.75) is 26.2 Å². The number of fused-ring (bicyclic) bond motifs is 1. The molecule has 0 spiro atoms. The van der Waals surface area contributed by atoms with Gasteiger partial charge in [0.25, 0.3) is 0 Å². The van der Waals surface area contributed by atoms with Crippen LogP contribution in [0, 0.1) is 0 Å². The van der Waals surface area contributed by atoms with Crippen LogP contribution in [-0.4, -0.2) is 25.2 Å². The van der Waals surface area contributed by atoms with Crippen molar-refractivity contribution in [3.8, 4) is 11.5 Å². The molecule has 114 valence electrons. The quantitative estimate of drug-likeness (QED) is 0.685. The minimum atomic E-state index is -0.190. The molecule has 0 fully saturated rings. The molecule has 7 nitrogen and oxygen atoms in total. The Morgan fingerprint density at radius 1 is 1.19 bits per heavy atom. The van der Waals surface area contributed by atoms with Gasteiger partial charge in [-0.3, -0.25) is 9.59 Å². The van der Waals surface area contributed by atoms with Gasteiger partial charge in [-0.25, -0.2) is 0 Å². The SMILES string of the molecule is CCNC(=O)CCCC(=O)Nc1cc2c(cc1N)OCO2. The predicted octanol–water partition coefficient (Wildman–Crippen LogP) is 1.24. The maximum Gasteiger partial charge on any atom is 0.231 e. The van der Waals surface area contributed by atoms with E-state index in [1.54, 1.807) is 12.1 Å². The number of anilines is 2. The van der Waals surface area contributed by atoms with E-state index >= 15 is 0 Å². The van der Waals surface area contributed by atoms with Crippen LogP contribution >= 0.6 is 0 Å². The number of hydrogen-bond donors (Lipinski definition) is 3. The van der Waals surface area contributed by atoms with Crippen molar-refractivity contribution in [3.05, 3.63) is 12.1 Å². The zero-order valence-corrected chi connectivity index (χ0v) is 11.9. The third kappa shape index (κ3) is 4.01. The second-order valence-corrected chi connectivity index (χ2v) is 4.65. The van der Waals surface area contributed by atoms with Crippen molar-refractivity contribution >= 4 is 23.2 Å². The summed E-state index contributed by atoms with van der Waals surface area (Å²) in [4.78, 5) is 23.1. The van der Waals surface area contributed by atoms with E-state index in [-0.39, 0.29) is 25.0 Å². The van der Waals surface area contributed by atoms with Crippen LogP contribution in [-0.2, 0) is 9.59 Å². The van der Waals surface area contributed by atoms with Gasteiger partial charge in [-0.1, -0.05) is 0 Å². The van der Waals surface area contributed by atoms with Crippen molar-refractivity contribution in [1.82, 2.24) is 5.32 Å². The zero-order valence-electron chi connectivity index (χ0n) is 11.9. The molecule has 0 unspecified atom stereocenters. The Morgan fingerprint density at radius 2 is 1.86 bits per heavy atom. The van der Waals surface area contributed by atoms with Crippen LogP contribution < -0.4 is 25.8 Å². The Morgan fingerprint density at radius 3 is 2.57 bits per heavy atom. The van der Waals surface area contributed by atoms with Crippen LogP contribution in [0.15, 0.2) is 12.1 Å². The smallest absolute Gasteiger partial charge is 0.231 e. The van der Waals surface area contributed by atoms with Crippen LogP contribution in [0.5, 0.6) is 11.5 Å². The molecule has 1 aromatic rings. The van der Waals surface area contributed by atoms with Gasteiger partial charge >= 0.3 is 0 Å². The van der Waals surface area contributed by atoms with Crippen molar-refractivity contribution in [2.75, 3.05) is 24.4 Å². The lowest BCUT2D eigenvalue weighted by atomic mass is 10.2. The van der Waals surface area contributed by atoms with Crippen molar-refractivity contribution in [1.29, 1.82) is 0 Å². The standard InChI is InChI=1S/C14H19N3O4/c1-2-16-13(18)4-3-5-14(19)17-10-7-12-11(6-9(10)15)20-8-21-12/h6-7H,2-5,8,15H2,1H3,(H,16,18)(H,17,19). The first-order chi connectivity index (χ1) is 10.1. The summed E-state index contributed by atoms with van der Waals surface area (Å²) in [6.45, 7) is 2.60. The van der Waals surface area contributed by atoms with E-state index in [4.69, 9.17) is 15.2 Å². The molecule has 2 rings (SSSR count). The highest BCUT2D eigenvalue weighted by Gasteiger charge is 2.17. The van der Waals surface area contributed by atoms with Crippen LogP contribution in [0.3, 0.4) is 0 Å². The third-order valence-electron chi connectivity index (χ3n) is 3.00. The van der Waals surface area contributed by atoms with Gasteiger partial charge in [0.05, 0.1) is 11.4 Å². The summed E-state index contributed by atoms with van der Waals surface area (Å²) < 4.78 is 10.4. The fourth-order valence-corrected chi connectivity index (χ4v) is 1.97. The molecule has 0 aromatic heterocycles. The molecule has 0 radical (unpaired) electrons. The van der Waals surface area contributed by atoms with Crippen LogP contribution in [0.2, 0.25) is 0 Å². The molecule has 0 saturated carbocycles. The number of carbonyl (C=O) groups is 2. The molecular formula is C14H19N3O4. The number of nitrogens with one attached hydrogen (secondary N) is 2. The van der Waals surface area contributed by atoms with Gasteiger partial charge in [0.2, 0.25) is 18.6 Å². The first-order valence-electron chi connectivity index (χ1n) is 6.85. The number of rotatable bonds is 6. The topological polar surface area (TPSA) is 103 Å². The fourth-order valence-electron chi connectivity index (χ4n) is 1.97. The average Bonchev–Trinajstić information content (AvgIpc) is 2.86. The molecule has 0 aliphatic carbocycles. The average molecular weight is 293 g/mol. The van der Waals surface area contributed by atoms with E-state index in [9.17, 15) is 9.59 Å². The Bertz CT molecular complexity index is 545. The number of benzene rings is 1. The van der Waals surface area contributed by atoms with Gasteiger partial charge in [0.1, 0.15) is 0 Å². The van der Waals surface area contributed by atoms with Gasteiger partial charge in [0.15, 0.2) is 11.5 Å². The third-order valence-corrected chi connectivity index (χ3v) is 3.00. The lowest BCUT2D eigenvalue weighted by Gasteiger charge is -2.09. The molecule has 1 aliphatic heterocycles. The maximum atomic E-state index is 11.8. The van der Waals surface area contributed by atoms with Crippen LogP contribution in [0.25, 0.3) is 0 Å². The second kappa shape index (κ2) is 6.83. The number of nitrogens with two attached hydrogens (primary N) is 1.